The molecule has 0 radical (unpaired) electrons. The van der Waals surface area contributed by atoms with E-state index in [-0.39, 0.29) is 18.3 Å². The Morgan fingerprint density at radius 1 is 1.00 bits per heavy atom. The van der Waals surface area contributed by atoms with Gasteiger partial charge in [-0.1, -0.05) is 30.6 Å². The molecule has 0 aromatic heterocycles. The molecule has 1 aliphatic rings. The largest absolute Gasteiger partial charge is 0.490 e. The molecule has 0 aliphatic carbocycles. The van der Waals surface area contributed by atoms with Gasteiger partial charge >= 0.3 is 7.12 Å². The first kappa shape index (κ1) is 17.5. The highest BCUT2D eigenvalue weighted by molar-refractivity contribution is 6.54. The van der Waals surface area contributed by atoms with Crippen LogP contribution in [0.4, 0.5) is 0 Å². The minimum Gasteiger partial charge on any atom is -0.400 e. The maximum Gasteiger partial charge on any atom is 0.490 e. The van der Waals surface area contributed by atoms with E-state index in [1.807, 2.05) is 0 Å². The second-order valence-corrected chi connectivity index (χ2v) is 7.11. The Labute approximate surface area is 125 Å². The van der Waals surface area contributed by atoms with Crippen LogP contribution in [0, 0.1) is 0 Å². The Kier molecular flexibility index (Phi) is 5.68. The van der Waals surface area contributed by atoms with Gasteiger partial charge in [0.25, 0.3) is 0 Å². The quantitative estimate of drug-likeness (QED) is 0.515. The molecular formula is C17H31BO2. The predicted molar refractivity (Wildman–Crippen MR) is 87.7 cm³/mol. The summed E-state index contributed by atoms with van der Waals surface area (Å²) in [6, 6.07) is 0. The molecule has 1 fully saturated rings. The Morgan fingerprint density at radius 2 is 1.50 bits per heavy atom. The molecule has 0 N–H and O–H groups in total. The van der Waals surface area contributed by atoms with Crippen molar-refractivity contribution in [3.05, 3.63) is 22.7 Å². The van der Waals surface area contributed by atoms with Crippen molar-refractivity contribution < 1.29 is 9.31 Å². The van der Waals surface area contributed by atoms with E-state index in [0.717, 1.165) is 19.3 Å². The smallest absolute Gasteiger partial charge is 0.400 e. The van der Waals surface area contributed by atoms with Crippen LogP contribution in [0.3, 0.4) is 0 Å². The molecule has 0 bridgehead atoms. The van der Waals surface area contributed by atoms with Crippen molar-refractivity contribution in [2.24, 2.45) is 0 Å². The molecule has 3 heteroatoms. The molecule has 0 saturated carbocycles. The zero-order valence-electron chi connectivity index (χ0n) is 14.6. The second-order valence-electron chi connectivity index (χ2n) is 7.11. The van der Waals surface area contributed by atoms with Gasteiger partial charge in [0, 0.05) is 0 Å². The molecule has 20 heavy (non-hydrogen) atoms. The topological polar surface area (TPSA) is 18.5 Å². The highest BCUT2D eigenvalue weighted by atomic mass is 16.7. The van der Waals surface area contributed by atoms with Gasteiger partial charge in [-0.15, -0.1) is 0 Å². The van der Waals surface area contributed by atoms with Crippen LogP contribution < -0.4 is 0 Å². The molecule has 0 spiro atoms. The molecule has 0 atom stereocenters. The summed E-state index contributed by atoms with van der Waals surface area (Å²) in [5.74, 6) is 0. The molecule has 0 amide bonds. The van der Waals surface area contributed by atoms with E-state index in [1.165, 1.54) is 16.6 Å². The van der Waals surface area contributed by atoms with Crippen molar-refractivity contribution in [1.82, 2.24) is 0 Å². The summed E-state index contributed by atoms with van der Waals surface area (Å²) in [4.78, 5) is 0. The lowest BCUT2D eigenvalue weighted by Gasteiger charge is -2.32. The average molecular weight is 278 g/mol. The summed E-state index contributed by atoms with van der Waals surface area (Å²) >= 11 is 0. The van der Waals surface area contributed by atoms with Crippen LogP contribution >= 0.6 is 0 Å². The van der Waals surface area contributed by atoms with E-state index < -0.39 is 0 Å². The van der Waals surface area contributed by atoms with Crippen LogP contribution in [-0.4, -0.2) is 18.3 Å². The van der Waals surface area contributed by atoms with Gasteiger partial charge in [0.2, 0.25) is 0 Å². The van der Waals surface area contributed by atoms with Crippen molar-refractivity contribution in [3.8, 4) is 0 Å². The molecule has 1 rings (SSSR count). The fraction of sp³-hybridized carbons (Fsp3) is 0.765. The Hall–Kier alpha value is -0.535. The SMILES string of the molecule is CCC/C(CC=C(C)C)=C(\C)B1OC(C)(C)C(C)(C)O1. The van der Waals surface area contributed by atoms with Gasteiger partial charge in [0.15, 0.2) is 0 Å². The third kappa shape index (κ3) is 3.99. The Morgan fingerprint density at radius 3 is 1.90 bits per heavy atom. The Balaban J connectivity index is 2.96. The van der Waals surface area contributed by atoms with Crippen LogP contribution in [-0.2, 0) is 9.31 Å². The lowest BCUT2D eigenvalue weighted by Crippen LogP contribution is -2.41. The van der Waals surface area contributed by atoms with E-state index >= 15 is 0 Å². The third-order valence-corrected chi connectivity index (χ3v) is 4.47. The fourth-order valence-electron chi connectivity index (χ4n) is 2.28. The van der Waals surface area contributed by atoms with Crippen LogP contribution in [0.5, 0.6) is 0 Å². The number of rotatable bonds is 5. The maximum absolute atomic E-state index is 6.16. The predicted octanol–water partition coefficient (Wildman–Crippen LogP) is 5.09. The lowest BCUT2D eigenvalue weighted by molar-refractivity contribution is 0.00578. The lowest BCUT2D eigenvalue weighted by atomic mass is 9.74. The van der Waals surface area contributed by atoms with Gasteiger partial charge in [-0.05, 0) is 66.8 Å². The van der Waals surface area contributed by atoms with E-state index in [1.54, 1.807) is 0 Å². The molecular weight excluding hydrogens is 247 g/mol. The highest BCUT2D eigenvalue weighted by Crippen LogP contribution is 2.39. The molecule has 114 valence electrons. The van der Waals surface area contributed by atoms with Crippen molar-refractivity contribution >= 4 is 7.12 Å². The third-order valence-electron chi connectivity index (χ3n) is 4.47. The van der Waals surface area contributed by atoms with Gasteiger partial charge in [-0.25, -0.2) is 0 Å². The maximum atomic E-state index is 6.16. The number of hydrogen-bond acceptors (Lipinski definition) is 2. The van der Waals surface area contributed by atoms with Gasteiger partial charge in [0.05, 0.1) is 11.2 Å². The first-order valence-corrected chi connectivity index (χ1v) is 7.78. The standard InChI is InChI=1S/C17H31BO2/c1-9-10-15(12-11-13(2)3)14(4)18-19-16(5,6)17(7,8)20-18/h11H,9-10,12H2,1-8H3/b15-14-. The summed E-state index contributed by atoms with van der Waals surface area (Å²) in [5, 5.41) is 0. The van der Waals surface area contributed by atoms with Crippen LogP contribution in [0.1, 0.15) is 74.7 Å². The minimum atomic E-state index is -0.257. The average Bonchev–Trinajstić information content (AvgIpc) is 2.53. The molecule has 0 unspecified atom stereocenters. The monoisotopic (exact) mass is 278 g/mol. The first-order chi connectivity index (χ1) is 9.10. The van der Waals surface area contributed by atoms with E-state index in [2.05, 4.69) is 61.5 Å². The summed E-state index contributed by atoms with van der Waals surface area (Å²) in [6.07, 6.45) is 5.56. The zero-order chi connectivity index (χ0) is 15.6. The van der Waals surface area contributed by atoms with Crippen molar-refractivity contribution in [3.63, 3.8) is 0 Å². The number of hydrogen-bond donors (Lipinski definition) is 0. The van der Waals surface area contributed by atoms with Gasteiger partial charge in [-0.3, -0.25) is 0 Å². The molecule has 1 aliphatic heterocycles. The van der Waals surface area contributed by atoms with Crippen molar-refractivity contribution in [2.45, 2.75) is 85.9 Å². The second kappa shape index (κ2) is 6.49. The summed E-state index contributed by atoms with van der Waals surface area (Å²) < 4.78 is 12.3. The summed E-state index contributed by atoms with van der Waals surface area (Å²) in [5.41, 5.74) is 3.55. The number of allylic oxidation sites excluding steroid dienone is 4. The molecule has 2 nitrogen and oxygen atoms in total. The molecule has 0 aromatic rings. The van der Waals surface area contributed by atoms with Crippen LogP contribution in [0.25, 0.3) is 0 Å². The van der Waals surface area contributed by atoms with Crippen LogP contribution in [0.2, 0.25) is 0 Å². The van der Waals surface area contributed by atoms with E-state index in [9.17, 15) is 0 Å². The normalized spacial score (nSPS) is 21.7. The Bertz CT molecular complexity index is 385. The van der Waals surface area contributed by atoms with Crippen LogP contribution in [0.15, 0.2) is 22.7 Å². The summed E-state index contributed by atoms with van der Waals surface area (Å²) in [7, 11) is -0.202. The van der Waals surface area contributed by atoms with Gasteiger partial charge < -0.3 is 9.31 Å². The first-order valence-electron chi connectivity index (χ1n) is 7.78. The molecule has 0 aromatic carbocycles. The van der Waals surface area contributed by atoms with Crippen molar-refractivity contribution in [2.75, 3.05) is 0 Å². The molecule has 1 saturated heterocycles. The minimum absolute atomic E-state index is 0.202. The van der Waals surface area contributed by atoms with Crippen molar-refractivity contribution in [1.29, 1.82) is 0 Å². The summed E-state index contributed by atoms with van der Waals surface area (Å²) in [6.45, 7) is 17.1. The molecule has 1 heterocycles. The van der Waals surface area contributed by atoms with E-state index in [0.29, 0.717) is 0 Å². The zero-order valence-corrected chi connectivity index (χ0v) is 14.6. The van der Waals surface area contributed by atoms with E-state index in [4.69, 9.17) is 9.31 Å². The highest BCUT2D eigenvalue weighted by Gasteiger charge is 2.51. The van der Waals surface area contributed by atoms with Gasteiger partial charge in [-0.2, -0.15) is 0 Å². The fourth-order valence-corrected chi connectivity index (χ4v) is 2.28. The van der Waals surface area contributed by atoms with Gasteiger partial charge in [0.1, 0.15) is 0 Å².